The summed E-state index contributed by atoms with van der Waals surface area (Å²) >= 11 is 1.50. The lowest BCUT2D eigenvalue weighted by atomic mass is 9.49. The third-order valence-corrected chi connectivity index (χ3v) is 9.60. The molecule has 1 heterocycles. The maximum atomic E-state index is 13.4. The molecular formula is C30H39NO3S. The lowest BCUT2D eigenvalue weighted by molar-refractivity contribution is -0.124. The van der Waals surface area contributed by atoms with E-state index in [0.29, 0.717) is 23.6 Å². The normalized spacial score (nSPS) is 26.7. The zero-order valence-corrected chi connectivity index (χ0v) is 22.3. The van der Waals surface area contributed by atoms with E-state index in [4.69, 9.17) is 4.74 Å². The van der Waals surface area contributed by atoms with E-state index in [9.17, 15) is 9.59 Å². The van der Waals surface area contributed by atoms with E-state index in [0.717, 1.165) is 40.2 Å². The Kier molecular flexibility index (Phi) is 7.07. The largest absolute Gasteiger partial charge is 0.462 e. The smallest absolute Gasteiger partial charge is 0.341 e. The van der Waals surface area contributed by atoms with Gasteiger partial charge in [-0.2, -0.15) is 0 Å². The molecule has 1 aromatic carbocycles. The van der Waals surface area contributed by atoms with Crippen LogP contribution in [-0.2, 0) is 16.0 Å². The van der Waals surface area contributed by atoms with Crippen molar-refractivity contribution in [3.63, 3.8) is 0 Å². The zero-order chi connectivity index (χ0) is 24.6. The Morgan fingerprint density at radius 2 is 1.66 bits per heavy atom. The molecule has 5 heteroatoms. The Hall–Kier alpha value is -2.14. The minimum atomic E-state index is -0.355. The quantitative estimate of drug-likeness (QED) is 0.363. The molecule has 4 aliphatic rings. The van der Waals surface area contributed by atoms with Gasteiger partial charge in [-0.1, -0.05) is 37.6 Å². The van der Waals surface area contributed by atoms with Crippen molar-refractivity contribution in [2.45, 2.75) is 85.0 Å². The highest BCUT2D eigenvalue weighted by molar-refractivity contribution is 7.17. The molecule has 4 fully saturated rings. The maximum absolute atomic E-state index is 13.4. The predicted molar refractivity (Wildman–Crippen MR) is 143 cm³/mol. The summed E-state index contributed by atoms with van der Waals surface area (Å²) in [5, 5.41) is 3.81. The number of ether oxygens (including phenoxy) is 1. The monoisotopic (exact) mass is 493 g/mol. The second-order valence-corrected chi connectivity index (χ2v) is 12.6. The molecule has 0 atom stereocenters. The molecule has 35 heavy (non-hydrogen) atoms. The number of anilines is 1. The molecule has 2 aromatic rings. The molecule has 1 aromatic heterocycles. The Bertz CT molecular complexity index is 1050. The first-order valence-electron chi connectivity index (χ1n) is 13.6. The molecule has 4 saturated carbocycles. The van der Waals surface area contributed by atoms with Gasteiger partial charge in [0.2, 0.25) is 5.91 Å². The van der Waals surface area contributed by atoms with Crippen molar-refractivity contribution in [3.05, 3.63) is 40.3 Å². The third kappa shape index (κ3) is 5.07. The van der Waals surface area contributed by atoms with Gasteiger partial charge in [0.15, 0.2) is 0 Å². The second kappa shape index (κ2) is 10.1. The number of amides is 1. The number of aryl methyl sites for hydroxylation is 2. The highest BCUT2D eigenvalue weighted by Gasteiger charge is 2.51. The number of carbonyl (C=O) groups is 2. The second-order valence-electron chi connectivity index (χ2n) is 11.4. The fourth-order valence-electron chi connectivity index (χ4n) is 7.62. The number of carbonyl (C=O) groups excluding carboxylic acids is 2. The molecule has 0 unspecified atom stereocenters. The average Bonchev–Trinajstić information content (AvgIpc) is 3.12. The first kappa shape index (κ1) is 24.5. The number of benzene rings is 1. The zero-order valence-electron chi connectivity index (χ0n) is 21.5. The number of nitrogens with one attached hydrogen (secondary N) is 1. The van der Waals surface area contributed by atoms with Gasteiger partial charge in [0.05, 0.1) is 6.61 Å². The Labute approximate surface area is 213 Å². The first-order valence-corrected chi connectivity index (χ1v) is 14.4. The number of rotatable bonds is 9. The predicted octanol–water partition coefficient (Wildman–Crippen LogP) is 7.79. The molecule has 4 aliphatic carbocycles. The minimum absolute atomic E-state index is 0.0558. The topological polar surface area (TPSA) is 55.4 Å². The van der Waals surface area contributed by atoms with Gasteiger partial charge >= 0.3 is 5.97 Å². The van der Waals surface area contributed by atoms with Gasteiger partial charge in [0.1, 0.15) is 10.6 Å². The molecule has 0 saturated heterocycles. The summed E-state index contributed by atoms with van der Waals surface area (Å²) in [5.41, 5.74) is 3.89. The van der Waals surface area contributed by atoms with Crippen LogP contribution in [0.2, 0.25) is 0 Å². The van der Waals surface area contributed by atoms with Crippen LogP contribution in [0.3, 0.4) is 0 Å². The number of unbranched alkanes of at least 4 members (excludes halogenated alkanes) is 1. The molecule has 0 spiro atoms. The van der Waals surface area contributed by atoms with E-state index in [-0.39, 0.29) is 17.3 Å². The Morgan fingerprint density at radius 3 is 2.23 bits per heavy atom. The van der Waals surface area contributed by atoms with E-state index in [1.807, 2.05) is 13.8 Å². The van der Waals surface area contributed by atoms with E-state index in [1.165, 1.54) is 68.3 Å². The van der Waals surface area contributed by atoms with Crippen LogP contribution < -0.4 is 5.32 Å². The van der Waals surface area contributed by atoms with Crippen molar-refractivity contribution in [3.8, 4) is 11.1 Å². The molecule has 4 bridgehead atoms. The summed E-state index contributed by atoms with van der Waals surface area (Å²) in [5.74, 6) is 2.16. The molecule has 0 aliphatic heterocycles. The molecule has 188 valence electrons. The summed E-state index contributed by atoms with van der Waals surface area (Å²) in [6.45, 7) is 6.37. The summed E-state index contributed by atoms with van der Waals surface area (Å²) in [6, 6.07) is 8.51. The maximum Gasteiger partial charge on any atom is 0.341 e. The molecule has 4 nitrogen and oxygen atoms in total. The average molecular weight is 494 g/mol. The molecule has 0 radical (unpaired) electrons. The van der Waals surface area contributed by atoms with Crippen LogP contribution in [0.15, 0.2) is 24.3 Å². The van der Waals surface area contributed by atoms with Crippen molar-refractivity contribution in [1.82, 2.24) is 0 Å². The van der Waals surface area contributed by atoms with Crippen molar-refractivity contribution in [2.75, 3.05) is 11.9 Å². The van der Waals surface area contributed by atoms with Gasteiger partial charge in [0, 0.05) is 16.9 Å². The van der Waals surface area contributed by atoms with E-state index in [1.54, 1.807) is 0 Å². The van der Waals surface area contributed by atoms with Crippen molar-refractivity contribution < 1.29 is 14.3 Å². The number of esters is 1. The van der Waals surface area contributed by atoms with E-state index < -0.39 is 0 Å². The van der Waals surface area contributed by atoms with Gasteiger partial charge < -0.3 is 10.1 Å². The summed E-state index contributed by atoms with van der Waals surface area (Å²) in [6.07, 6.45) is 11.7. The molecular weight excluding hydrogens is 454 g/mol. The van der Waals surface area contributed by atoms with Crippen molar-refractivity contribution in [1.29, 1.82) is 0 Å². The summed E-state index contributed by atoms with van der Waals surface area (Å²) in [7, 11) is 0. The third-order valence-electron chi connectivity index (χ3n) is 8.58. The van der Waals surface area contributed by atoms with Gasteiger partial charge in [-0.25, -0.2) is 4.79 Å². The molecule has 1 N–H and O–H groups in total. The van der Waals surface area contributed by atoms with E-state index in [2.05, 4.69) is 36.5 Å². The van der Waals surface area contributed by atoms with Gasteiger partial charge in [0.25, 0.3) is 0 Å². The van der Waals surface area contributed by atoms with Crippen LogP contribution in [0.5, 0.6) is 0 Å². The highest BCUT2D eigenvalue weighted by Crippen LogP contribution is 2.61. The lowest BCUT2D eigenvalue weighted by Crippen LogP contribution is -2.47. The van der Waals surface area contributed by atoms with Crippen LogP contribution in [0.1, 0.15) is 92.4 Å². The van der Waals surface area contributed by atoms with Crippen molar-refractivity contribution >= 4 is 28.2 Å². The van der Waals surface area contributed by atoms with Gasteiger partial charge in [-0.3, -0.25) is 4.79 Å². The fourth-order valence-corrected chi connectivity index (χ4v) is 8.70. The Balaban J connectivity index is 1.39. The summed E-state index contributed by atoms with van der Waals surface area (Å²) in [4.78, 5) is 27.5. The van der Waals surface area contributed by atoms with Gasteiger partial charge in [-0.05, 0) is 99.5 Å². The Morgan fingerprint density at radius 1 is 1.03 bits per heavy atom. The van der Waals surface area contributed by atoms with Crippen molar-refractivity contribution in [2.24, 2.45) is 23.2 Å². The minimum Gasteiger partial charge on any atom is -0.462 e. The summed E-state index contributed by atoms with van der Waals surface area (Å²) < 4.78 is 5.45. The highest BCUT2D eigenvalue weighted by atomic mass is 32.1. The van der Waals surface area contributed by atoms with Gasteiger partial charge in [-0.15, -0.1) is 11.3 Å². The standard InChI is InChI=1S/C30H39NO3S/c1-4-6-7-20-8-10-24(11-9-20)26-19(3)35-28(27(26)29(33)34-5-2)31-25(32)18-30-15-21-12-22(16-30)14-23(13-21)17-30/h8-11,21-23H,4-7,12-18H2,1-3H3,(H,31,32). The molecule has 1 amide bonds. The van der Waals surface area contributed by atoms with E-state index >= 15 is 0 Å². The van der Waals surface area contributed by atoms with Crippen LogP contribution in [0.4, 0.5) is 5.00 Å². The number of hydrogen-bond acceptors (Lipinski definition) is 4. The SMILES string of the molecule is CCCCc1ccc(-c2c(C)sc(NC(=O)CC34CC5CC(CC(C5)C3)C4)c2C(=O)OCC)cc1. The lowest BCUT2D eigenvalue weighted by Gasteiger charge is -2.56. The van der Waals surface area contributed by atoms with Crippen LogP contribution >= 0.6 is 11.3 Å². The first-order chi connectivity index (χ1) is 16.9. The fraction of sp³-hybridized carbons (Fsp3) is 0.600. The number of thiophene rings is 1. The van der Waals surface area contributed by atoms with Crippen LogP contribution in [0, 0.1) is 30.1 Å². The molecule has 6 rings (SSSR count). The van der Waals surface area contributed by atoms with Crippen LogP contribution in [0.25, 0.3) is 11.1 Å². The van der Waals surface area contributed by atoms with Crippen LogP contribution in [-0.4, -0.2) is 18.5 Å². The number of hydrogen-bond donors (Lipinski definition) is 1.